The van der Waals surface area contributed by atoms with Crippen molar-refractivity contribution in [2.75, 3.05) is 0 Å². The van der Waals surface area contributed by atoms with Gasteiger partial charge in [-0.25, -0.2) is 0 Å². The van der Waals surface area contributed by atoms with Crippen LogP contribution in [-0.4, -0.2) is 5.11 Å². The number of aryl methyl sites for hydroxylation is 1. The fraction of sp³-hybridized carbons (Fsp3) is 0.571. The smallest absolute Gasteiger partial charge is 0.0899 e. The molecular formula is C14H20O. The molecule has 0 amide bonds. The Balaban J connectivity index is 2.30. The first-order valence-corrected chi connectivity index (χ1v) is 6.01. The number of rotatable bonds is 1. The Morgan fingerprint density at radius 2 is 1.60 bits per heavy atom. The summed E-state index contributed by atoms with van der Waals surface area (Å²) in [7, 11) is 0. The van der Waals surface area contributed by atoms with Crippen LogP contribution in [0.15, 0.2) is 24.3 Å². The summed E-state index contributed by atoms with van der Waals surface area (Å²) in [6, 6.07) is 8.25. The molecule has 0 aromatic heterocycles. The van der Waals surface area contributed by atoms with Crippen molar-refractivity contribution in [3.63, 3.8) is 0 Å². The van der Waals surface area contributed by atoms with Crippen LogP contribution in [0.4, 0.5) is 0 Å². The second-order valence-corrected chi connectivity index (χ2v) is 4.76. The van der Waals surface area contributed by atoms with Gasteiger partial charge in [-0.2, -0.15) is 0 Å². The van der Waals surface area contributed by atoms with Gasteiger partial charge in [-0.15, -0.1) is 0 Å². The standard InChI is InChI=1S/C14H20O/c1-12-8-4-5-9-13(12)14(15)10-6-2-3-7-11-14/h4-5,8-9,15H,2-3,6-7,10-11H2,1H3. The summed E-state index contributed by atoms with van der Waals surface area (Å²) < 4.78 is 0. The minimum atomic E-state index is -0.554. The van der Waals surface area contributed by atoms with Crippen LogP contribution >= 0.6 is 0 Å². The lowest BCUT2D eigenvalue weighted by molar-refractivity contribution is 0.0201. The lowest BCUT2D eigenvalue weighted by Gasteiger charge is -2.28. The van der Waals surface area contributed by atoms with Crippen LogP contribution in [0.5, 0.6) is 0 Å². The predicted octanol–water partition coefficient (Wildman–Crippen LogP) is 3.54. The van der Waals surface area contributed by atoms with E-state index < -0.39 is 5.60 Å². The summed E-state index contributed by atoms with van der Waals surface area (Å²) in [5.41, 5.74) is 1.82. The third-order valence-corrected chi connectivity index (χ3v) is 3.58. The van der Waals surface area contributed by atoms with E-state index in [2.05, 4.69) is 19.1 Å². The Hall–Kier alpha value is -0.820. The van der Waals surface area contributed by atoms with Gasteiger partial charge in [0.2, 0.25) is 0 Å². The highest BCUT2D eigenvalue weighted by atomic mass is 16.3. The average Bonchev–Trinajstić information content (AvgIpc) is 2.44. The molecule has 1 nitrogen and oxygen atoms in total. The maximum atomic E-state index is 10.7. The van der Waals surface area contributed by atoms with Crippen molar-refractivity contribution < 1.29 is 5.11 Å². The number of hydrogen-bond acceptors (Lipinski definition) is 1. The molecule has 1 aromatic carbocycles. The maximum absolute atomic E-state index is 10.7. The first-order valence-electron chi connectivity index (χ1n) is 6.01. The molecule has 1 heteroatoms. The molecule has 82 valence electrons. The Morgan fingerprint density at radius 1 is 1.00 bits per heavy atom. The molecule has 0 bridgehead atoms. The van der Waals surface area contributed by atoms with E-state index >= 15 is 0 Å². The quantitative estimate of drug-likeness (QED) is 0.694. The molecule has 1 saturated carbocycles. The molecule has 0 atom stereocenters. The van der Waals surface area contributed by atoms with Gasteiger partial charge in [0.1, 0.15) is 0 Å². The first kappa shape index (κ1) is 10.7. The third-order valence-electron chi connectivity index (χ3n) is 3.58. The molecule has 1 aromatic rings. The first-order chi connectivity index (χ1) is 7.22. The summed E-state index contributed by atoms with van der Waals surface area (Å²) in [4.78, 5) is 0. The number of aliphatic hydroxyl groups is 1. The zero-order valence-electron chi connectivity index (χ0n) is 9.50. The van der Waals surface area contributed by atoms with Crippen molar-refractivity contribution in [1.82, 2.24) is 0 Å². The van der Waals surface area contributed by atoms with Crippen LogP contribution in [0.3, 0.4) is 0 Å². The SMILES string of the molecule is Cc1ccccc1C1(O)CCCCCC1. The lowest BCUT2D eigenvalue weighted by atomic mass is 9.84. The van der Waals surface area contributed by atoms with Crippen molar-refractivity contribution >= 4 is 0 Å². The van der Waals surface area contributed by atoms with Gasteiger partial charge in [-0.1, -0.05) is 49.9 Å². The van der Waals surface area contributed by atoms with Crippen molar-refractivity contribution in [3.05, 3.63) is 35.4 Å². The average molecular weight is 204 g/mol. The molecule has 1 fully saturated rings. The number of hydrogen-bond donors (Lipinski definition) is 1. The highest BCUT2D eigenvalue weighted by Crippen LogP contribution is 2.37. The van der Waals surface area contributed by atoms with Gasteiger partial charge >= 0.3 is 0 Å². The normalized spacial score (nSPS) is 20.9. The summed E-state index contributed by atoms with van der Waals surface area (Å²) in [5, 5.41) is 10.7. The van der Waals surface area contributed by atoms with Crippen molar-refractivity contribution in [1.29, 1.82) is 0 Å². The van der Waals surface area contributed by atoms with E-state index in [-0.39, 0.29) is 0 Å². The highest BCUT2D eigenvalue weighted by Gasteiger charge is 2.30. The van der Waals surface area contributed by atoms with E-state index in [4.69, 9.17) is 0 Å². The lowest BCUT2D eigenvalue weighted by Crippen LogP contribution is -2.25. The van der Waals surface area contributed by atoms with E-state index in [1.54, 1.807) is 0 Å². The zero-order chi connectivity index (χ0) is 10.7. The summed E-state index contributed by atoms with van der Waals surface area (Å²) >= 11 is 0. The van der Waals surface area contributed by atoms with E-state index in [0.717, 1.165) is 31.2 Å². The molecule has 1 N–H and O–H groups in total. The zero-order valence-corrected chi connectivity index (χ0v) is 9.50. The van der Waals surface area contributed by atoms with Crippen LogP contribution in [-0.2, 0) is 5.60 Å². The van der Waals surface area contributed by atoms with Crippen molar-refractivity contribution in [2.24, 2.45) is 0 Å². The molecule has 0 radical (unpaired) electrons. The predicted molar refractivity (Wildman–Crippen MR) is 62.8 cm³/mol. The van der Waals surface area contributed by atoms with E-state index in [1.165, 1.54) is 18.4 Å². The third kappa shape index (κ3) is 2.23. The van der Waals surface area contributed by atoms with Crippen LogP contribution in [0.1, 0.15) is 49.7 Å². The Labute approximate surface area is 92.1 Å². The largest absolute Gasteiger partial charge is 0.385 e. The molecular weight excluding hydrogens is 184 g/mol. The minimum absolute atomic E-state index is 0.554. The van der Waals surface area contributed by atoms with Crippen LogP contribution in [0.25, 0.3) is 0 Å². The highest BCUT2D eigenvalue weighted by molar-refractivity contribution is 5.31. The van der Waals surface area contributed by atoms with Crippen LogP contribution < -0.4 is 0 Å². The van der Waals surface area contributed by atoms with Crippen molar-refractivity contribution in [2.45, 2.75) is 51.0 Å². The summed E-state index contributed by atoms with van der Waals surface area (Å²) in [6.07, 6.45) is 6.72. The van der Waals surface area contributed by atoms with E-state index in [0.29, 0.717) is 0 Å². The van der Waals surface area contributed by atoms with Gasteiger partial charge in [0, 0.05) is 0 Å². The second-order valence-electron chi connectivity index (χ2n) is 4.76. The summed E-state index contributed by atoms with van der Waals surface area (Å²) in [6.45, 7) is 2.10. The molecule has 0 aliphatic heterocycles. The Kier molecular flexibility index (Phi) is 3.11. The molecule has 15 heavy (non-hydrogen) atoms. The molecule has 0 heterocycles. The number of benzene rings is 1. The monoisotopic (exact) mass is 204 g/mol. The van der Waals surface area contributed by atoms with Crippen LogP contribution in [0.2, 0.25) is 0 Å². The van der Waals surface area contributed by atoms with Gasteiger partial charge in [-0.05, 0) is 30.9 Å². The molecule has 0 saturated heterocycles. The van der Waals surface area contributed by atoms with Crippen molar-refractivity contribution in [3.8, 4) is 0 Å². The fourth-order valence-corrected chi connectivity index (χ4v) is 2.68. The van der Waals surface area contributed by atoms with Crippen LogP contribution in [0, 0.1) is 6.92 Å². The van der Waals surface area contributed by atoms with Gasteiger partial charge in [-0.3, -0.25) is 0 Å². The molecule has 0 spiro atoms. The fourth-order valence-electron chi connectivity index (χ4n) is 2.68. The van der Waals surface area contributed by atoms with Gasteiger partial charge < -0.3 is 5.11 Å². The molecule has 1 aliphatic carbocycles. The maximum Gasteiger partial charge on any atom is 0.0899 e. The molecule has 1 aliphatic rings. The Bertz CT molecular complexity index is 322. The topological polar surface area (TPSA) is 20.2 Å². The molecule has 2 rings (SSSR count). The minimum Gasteiger partial charge on any atom is -0.385 e. The van der Waals surface area contributed by atoms with E-state index in [9.17, 15) is 5.11 Å². The summed E-state index contributed by atoms with van der Waals surface area (Å²) in [5.74, 6) is 0. The van der Waals surface area contributed by atoms with Gasteiger partial charge in [0.15, 0.2) is 0 Å². The van der Waals surface area contributed by atoms with E-state index in [1.807, 2.05) is 12.1 Å². The second kappa shape index (κ2) is 4.36. The Morgan fingerprint density at radius 3 is 2.20 bits per heavy atom. The molecule has 0 unspecified atom stereocenters. The van der Waals surface area contributed by atoms with Gasteiger partial charge in [0.25, 0.3) is 0 Å². The van der Waals surface area contributed by atoms with Gasteiger partial charge in [0.05, 0.1) is 5.60 Å².